The van der Waals surface area contributed by atoms with Crippen LogP contribution in [0.15, 0.2) is 47.5 Å². The van der Waals surface area contributed by atoms with Gasteiger partial charge in [-0.05, 0) is 62.4 Å². The molecule has 0 radical (unpaired) electrons. The van der Waals surface area contributed by atoms with E-state index in [9.17, 15) is 18.3 Å². The summed E-state index contributed by atoms with van der Waals surface area (Å²) in [6.07, 6.45) is 5.17. The summed E-state index contributed by atoms with van der Waals surface area (Å²) in [5.74, 6) is -0.0576. The van der Waals surface area contributed by atoms with E-state index in [4.69, 9.17) is 11.6 Å². The van der Waals surface area contributed by atoms with Crippen LogP contribution in [-0.2, 0) is 16.6 Å². The quantitative estimate of drug-likeness (QED) is 0.541. The Labute approximate surface area is 201 Å². The molecule has 3 rings (SSSR count). The van der Waals surface area contributed by atoms with E-state index in [1.807, 2.05) is 0 Å². The zero-order valence-electron chi connectivity index (χ0n) is 19.3. The van der Waals surface area contributed by atoms with Gasteiger partial charge < -0.3 is 10.4 Å². The second-order valence-electron chi connectivity index (χ2n) is 9.39. The van der Waals surface area contributed by atoms with Crippen LogP contribution in [-0.4, -0.2) is 46.9 Å². The van der Waals surface area contributed by atoms with Gasteiger partial charge in [0.05, 0.1) is 12.1 Å². The first-order chi connectivity index (χ1) is 15.5. The number of amides is 1. The molecule has 1 aliphatic rings. The van der Waals surface area contributed by atoms with Crippen molar-refractivity contribution >= 4 is 27.5 Å². The molecule has 180 valence electrons. The van der Waals surface area contributed by atoms with Crippen LogP contribution >= 0.6 is 11.6 Å². The van der Waals surface area contributed by atoms with Gasteiger partial charge in [-0.3, -0.25) is 4.79 Å². The van der Waals surface area contributed by atoms with E-state index in [-0.39, 0.29) is 41.1 Å². The molecule has 2 unspecified atom stereocenters. The monoisotopic (exact) mass is 493 g/mol. The van der Waals surface area contributed by atoms with Gasteiger partial charge in [0.15, 0.2) is 0 Å². The van der Waals surface area contributed by atoms with Crippen molar-refractivity contribution in [3.63, 3.8) is 0 Å². The first-order valence-corrected chi connectivity index (χ1v) is 13.0. The van der Waals surface area contributed by atoms with E-state index in [2.05, 4.69) is 17.2 Å². The Kier molecular flexibility index (Phi) is 8.16. The van der Waals surface area contributed by atoms with Crippen LogP contribution in [0.2, 0.25) is 5.15 Å². The minimum Gasteiger partial charge on any atom is -0.394 e. The van der Waals surface area contributed by atoms with Crippen molar-refractivity contribution in [2.75, 3.05) is 6.61 Å². The van der Waals surface area contributed by atoms with E-state index in [1.165, 1.54) is 18.3 Å². The van der Waals surface area contributed by atoms with Crippen LogP contribution in [0.1, 0.15) is 62.4 Å². The second kappa shape index (κ2) is 10.5. The maximum absolute atomic E-state index is 13.6. The number of nitrogens with zero attached hydrogens (tertiary/aromatic N) is 2. The average Bonchev–Trinajstić information content (AvgIpc) is 2.78. The van der Waals surface area contributed by atoms with Crippen LogP contribution in [0.3, 0.4) is 0 Å². The predicted molar refractivity (Wildman–Crippen MR) is 128 cm³/mol. The number of aromatic nitrogens is 1. The Morgan fingerprint density at radius 3 is 2.42 bits per heavy atom. The molecule has 9 heteroatoms. The largest absolute Gasteiger partial charge is 0.394 e. The maximum atomic E-state index is 13.6. The number of carbonyl (C=O) groups excluding carboxylic acids is 1. The Bertz CT molecular complexity index is 1060. The summed E-state index contributed by atoms with van der Waals surface area (Å²) in [4.78, 5) is 16.5. The number of hydrogen-bond donors (Lipinski definition) is 2. The number of carbonyl (C=O) groups is 1. The maximum Gasteiger partial charge on any atom is 0.251 e. The average molecular weight is 494 g/mol. The Balaban J connectivity index is 1.87. The summed E-state index contributed by atoms with van der Waals surface area (Å²) in [6, 6.07) is 9.76. The fraction of sp³-hybridized carbons (Fsp3) is 0.500. The van der Waals surface area contributed by atoms with Crippen molar-refractivity contribution in [3.8, 4) is 0 Å². The van der Waals surface area contributed by atoms with E-state index in [1.54, 1.807) is 42.4 Å². The van der Waals surface area contributed by atoms with Crippen LogP contribution in [0.5, 0.6) is 0 Å². The first-order valence-electron chi connectivity index (χ1n) is 11.2. The molecule has 1 fully saturated rings. The molecule has 0 aliphatic heterocycles. The number of halogens is 1. The van der Waals surface area contributed by atoms with Crippen LogP contribution in [0.25, 0.3) is 0 Å². The topological polar surface area (TPSA) is 99.6 Å². The highest BCUT2D eigenvalue weighted by Gasteiger charge is 2.36. The zero-order valence-corrected chi connectivity index (χ0v) is 20.9. The standard InChI is InChI=1S/C24H32ClN3O4S/c1-17-6-4-5-7-21(17)28(33(31,32)20-12-13-22(25)26-14-20)15-18-8-10-19(11-9-18)23(30)27-24(2,3)16-29/h8-14,17,21,29H,4-7,15-16H2,1-3H3,(H,27,30). The predicted octanol–water partition coefficient (Wildman–Crippen LogP) is 4.01. The summed E-state index contributed by atoms with van der Waals surface area (Å²) in [7, 11) is -3.80. The van der Waals surface area contributed by atoms with Crippen LogP contribution in [0.4, 0.5) is 0 Å². The molecule has 1 saturated carbocycles. The van der Waals surface area contributed by atoms with Gasteiger partial charge in [-0.15, -0.1) is 0 Å². The number of nitrogens with one attached hydrogen (secondary N) is 1. The van der Waals surface area contributed by atoms with Gasteiger partial charge in [-0.1, -0.05) is 43.5 Å². The first kappa shape index (κ1) is 25.6. The highest BCUT2D eigenvalue weighted by atomic mass is 35.5. The third kappa shape index (κ3) is 6.32. The molecule has 1 aromatic heterocycles. The fourth-order valence-electron chi connectivity index (χ4n) is 4.12. The van der Waals surface area contributed by atoms with Crippen LogP contribution in [0, 0.1) is 5.92 Å². The number of rotatable bonds is 8. The van der Waals surface area contributed by atoms with E-state index in [0.717, 1.165) is 31.2 Å². The molecule has 2 aromatic rings. The molecule has 1 amide bonds. The number of aliphatic hydroxyl groups excluding tert-OH is 1. The number of pyridine rings is 1. The molecule has 1 aliphatic carbocycles. The van der Waals surface area contributed by atoms with Crippen molar-refractivity contribution in [2.24, 2.45) is 5.92 Å². The van der Waals surface area contributed by atoms with E-state index in [0.29, 0.717) is 5.56 Å². The highest BCUT2D eigenvalue weighted by molar-refractivity contribution is 7.89. The molecule has 2 N–H and O–H groups in total. The molecular formula is C24H32ClN3O4S. The second-order valence-corrected chi connectivity index (χ2v) is 11.7. The minimum absolute atomic E-state index is 0.118. The molecule has 1 heterocycles. The number of sulfonamides is 1. The van der Waals surface area contributed by atoms with Crippen LogP contribution < -0.4 is 5.32 Å². The smallest absolute Gasteiger partial charge is 0.251 e. The van der Waals surface area contributed by atoms with E-state index < -0.39 is 15.6 Å². The lowest BCUT2D eigenvalue weighted by molar-refractivity contribution is 0.0869. The number of benzene rings is 1. The lowest BCUT2D eigenvalue weighted by Gasteiger charge is -2.37. The molecule has 33 heavy (non-hydrogen) atoms. The molecule has 2 atom stereocenters. The third-order valence-electron chi connectivity index (χ3n) is 6.14. The number of hydrogen-bond acceptors (Lipinski definition) is 5. The summed E-state index contributed by atoms with van der Waals surface area (Å²) in [6.45, 7) is 5.59. The van der Waals surface area contributed by atoms with Crippen molar-refractivity contribution in [1.29, 1.82) is 0 Å². The molecule has 1 aromatic carbocycles. The molecule has 7 nitrogen and oxygen atoms in total. The van der Waals surface area contributed by atoms with Gasteiger partial charge in [0.25, 0.3) is 5.91 Å². The summed E-state index contributed by atoms with van der Waals surface area (Å²) < 4.78 is 28.8. The molecule has 0 bridgehead atoms. The normalized spacial score (nSPS) is 19.5. The van der Waals surface area contributed by atoms with Crippen molar-refractivity contribution in [3.05, 3.63) is 58.9 Å². The van der Waals surface area contributed by atoms with Crippen molar-refractivity contribution < 1.29 is 18.3 Å². The fourth-order valence-corrected chi connectivity index (χ4v) is 5.91. The van der Waals surface area contributed by atoms with Gasteiger partial charge >= 0.3 is 0 Å². The SMILES string of the molecule is CC1CCCCC1N(Cc1ccc(C(=O)NC(C)(C)CO)cc1)S(=O)(=O)c1ccc(Cl)nc1. The van der Waals surface area contributed by atoms with Gasteiger partial charge in [0.2, 0.25) is 10.0 Å². The zero-order chi connectivity index (χ0) is 24.2. The molecular weight excluding hydrogens is 462 g/mol. The highest BCUT2D eigenvalue weighted by Crippen LogP contribution is 2.33. The van der Waals surface area contributed by atoms with Gasteiger partial charge in [0, 0.05) is 24.3 Å². The summed E-state index contributed by atoms with van der Waals surface area (Å²) in [5.41, 5.74) is 0.503. The van der Waals surface area contributed by atoms with Gasteiger partial charge in [-0.2, -0.15) is 4.31 Å². The third-order valence-corrected chi connectivity index (χ3v) is 8.22. The Morgan fingerprint density at radius 2 is 1.85 bits per heavy atom. The lowest BCUT2D eigenvalue weighted by Crippen LogP contribution is -2.46. The molecule has 0 spiro atoms. The van der Waals surface area contributed by atoms with Crippen molar-refractivity contribution in [1.82, 2.24) is 14.6 Å². The Hall–Kier alpha value is -2.00. The molecule has 0 saturated heterocycles. The van der Waals surface area contributed by atoms with Crippen molar-refractivity contribution in [2.45, 2.75) is 69.5 Å². The van der Waals surface area contributed by atoms with Gasteiger partial charge in [-0.25, -0.2) is 13.4 Å². The lowest BCUT2D eigenvalue weighted by atomic mass is 9.86. The van der Waals surface area contributed by atoms with E-state index >= 15 is 0 Å². The minimum atomic E-state index is -3.80. The Morgan fingerprint density at radius 1 is 1.18 bits per heavy atom. The van der Waals surface area contributed by atoms with Gasteiger partial charge in [0.1, 0.15) is 10.0 Å². The number of aliphatic hydroxyl groups is 1. The summed E-state index contributed by atoms with van der Waals surface area (Å²) >= 11 is 5.87. The summed E-state index contributed by atoms with van der Waals surface area (Å²) in [5, 5.41) is 12.4.